The van der Waals surface area contributed by atoms with Crippen LogP contribution in [0.15, 0.2) is 54.6 Å². The minimum Gasteiger partial charge on any atom is -0.290 e. The maximum atomic E-state index is 11.0. The number of carbonyl (C=O) groups excluding carboxylic acids is 1. The molecule has 1 atom stereocenters. The SMILES string of the molecule is CS(Cc1ccccc1)=C1C=CC(=O)C=C1. The molecule has 1 unspecified atom stereocenters. The summed E-state index contributed by atoms with van der Waals surface area (Å²) in [6.07, 6.45) is 9.38. The van der Waals surface area contributed by atoms with Crippen molar-refractivity contribution in [3.63, 3.8) is 0 Å². The van der Waals surface area contributed by atoms with Gasteiger partial charge >= 0.3 is 0 Å². The molecule has 0 fully saturated rings. The first-order valence-corrected chi connectivity index (χ1v) is 6.99. The summed E-state index contributed by atoms with van der Waals surface area (Å²) < 4.78 is 0. The largest absolute Gasteiger partial charge is 0.290 e. The van der Waals surface area contributed by atoms with E-state index in [1.807, 2.05) is 18.2 Å². The highest BCUT2D eigenvalue weighted by molar-refractivity contribution is 8.15. The first-order valence-electron chi connectivity index (χ1n) is 5.19. The van der Waals surface area contributed by atoms with E-state index in [-0.39, 0.29) is 16.3 Å². The van der Waals surface area contributed by atoms with Crippen LogP contribution < -0.4 is 0 Å². The number of hydrogen-bond donors (Lipinski definition) is 0. The van der Waals surface area contributed by atoms with Gasteiger partial charge in [0.05, 0.1) is 0 Å². The van der Waals surface area contributed by atoms with E-state index in [9.17, 15) is 4.79 Å². The second-order valence-corrected chi connectivity index (χ2v) is 5.77. The van der Waals surface area contributed by atoms with Crippen molar-refractivity contribution in [2.45, 2.75) is 5.75 Å². The Morgan fingerprint density at radius 1 is 1.00 bits per heavy atom. The van der Waals surface area contributed by atoms with Gasteiger partial charge < -0.3 is 0 Å². The fourth-order valence-corrected chi connectivity index (χ4v) is 3.04. The van der Waals surface area contributed by atoms with E-state index in [2.05, 4.69) is 30.5 Å². The molecule has 0 saturated carbocycles. The molecule has 1 aromatic rings. The molecule has 0 N–H and O–H groups in total. The van der Waals surface area contributed by atoms with Gasteiger partial charge in [0.15, 0.2) is 5.78 Å². The van der Waals surface area contributed by atoms with Crippen molar-refractivity contribution in [2.75, 3.05) is 6.26 Å². The van der Waals surface area contributed by atoms with Crippen LogP contribution in [0.4, 0.5) is 0 Å². The minimum absolute atomic E-state index is 0.0838. The maximum Gasteiger partial charge on any atom is 0.178 e. The van der Waals surface area contributed by atoms with E-state index in [0.29, 0.717) is 0 Å². The van der Waals surface area contributed by atoms with Crippen molar-refractivity contribution >= 4 is 21.1 Å². The summed E-state index contributed by atoms with van der Waals surface area (Å²) in [4.78, 5) is 12.3. The normalized spacial score (nSPS) is 16.6. The zero-order valence-corrected chi connectivity index (χ0v) is 10.0. The van der Waals surface area contributed by atoms with Gasteiger partial charge in [-0.1, -0.05) is 30.3 Å². The quantitative estimate of drug-likeness (QED) is 0.714. The molecule has 82 valence electrons. The molecule has 1 aliphatic rings. The smallest absolute Gasteiger partial charge is 0.178 e. The number of allylic oxidation sites excluding steroid dienone is 4. The van der Waals surface area contributed by atoms with Crippen LogP contribution in [-0.4, -0.2) is 16.9 Å². The minimum atomic E-state index is 0.0838. The Morgan fingerprint density at radius 2 is 1.62 bits per heavy atom. The van der Waals surface area contributed by atoms with Crippen LogP contribution >= 0.6 is 10.5 Å². The van der Waals surface area contributed by atoms with Gasteiger partial charge in [0, 0.05) is 5.75 Å². The van der Waals surface area contributed by atoms with Crippen molar-refractivity contribution in [3.8, 4) is 0 Å². The van der Waals surface area contributed by atoms with Gasteiger partial charge in [0.1, 0.15) is 0 Å². The van der Waals surface area contributed by atoms with Gasteiger partial charge in [-0.2, -0.15) is 10.5 Å². The molecule has 0 bridgehead atoms. The third kappa shape index (κ3) is 2.80. The summed E-state index contributed by atoms with van der Waals surface area (Å²) in [5.41, 5.74) is 1.35. The predicted molar refractivity (Wildman–Crippen MR) is 72.0 cm³/mol. The fourth-order valence-electron chi connectivity index (χ4n) is 1.58. The summed E-state index contributed by atoms with van der Waals surface area (Å²) in [6, 6.07) is 10.4. The topological polar surface area (TPSA) is 17.1 Å². The Morgan fingerprint density at radius 3 is 2.25 bits per heavy atom. The van der Waals surface area contributed by atoms with Crippen LogP contribution in [0.1, 0.15) is 5.56 Å². The lowest BCUT2D eigenvalue weighted by molar-refractivity contribution is -0.110. The lowest BCUT2D eigenvalue weighted by atomic mass is 10.2. The summed E-state index contributed by atoms with van der Waals surface area (Å²) in [5, 5.41) is 0. The third-order valence-electron chi connectivity index (χ3n) is 2.45. The average Bonchev–Trinajstić information content (AvgIpc) is 2.31. The second kappa shape index (κ2) is 5.08. The number of rotatable bonds is 2. The Bertz CT molecular complexity index is 463. The van der Waals surface area contributed by atoms with Crippen molar-refractivity contribution in [1.82, 2.24) is 0 Å². The molecule has 1 nitrogen and oxygen atoms in total. The Kier molecular flexibility index (Phi) is 3.52. The van der Waals surface area contributed by atoms with Gasteiger partial charge in [0.25, 0.3) is 0 Å². The summed E-state index contributed by atoms with van der Waals surface area (Å²) >= 11 is 0. The molecule has 0 amide bonds. The first kappa shape index (κ1) is 11.1. The van der Waals surface area contributed by atoms with Crippen LogP contribution in [0, 0.1) is 0 Å². The average molecular weight is 230 g/mol. The first-order chi connectivity index (χ1) is 7.75. The van der Waals surface area contributed by atoms with Crippen molar-refractivity contribution in [2.24, 2.45) is 0 Å². The van der Waals surface area contributed by atoms with Gasteiger partial charge in [-0.05, 0) is 41.0 Å². The highest BCUT2D eigenvalue weighted by Crippen LogP contribution is 2.20. The Hall–Kier alpha value is -1.41. The monoisotopic (exact) mass is 230 g/mol. The summed E-state index contributed by atoms with van der Waals surface area (Å²) in [6.45, 7) is 0. The van der Waals surface area contributed by atoms with Crippen molar-refractivity contribution in [3.05, 3.63) is 60.2 Å². The van der Waals surface area contributed by atoms with Gasteiger partial charge in [-0.15, -0.1) is 0 Å². The molecule has 1 aromatic carbocycles. The maximum absolute atomic E-state index is 11.0. The van der Waals surface area contributed by atoms with E-state index in [0.717, 1.165) is 5.75 Å². The van der Waals surface area contributed by atoms with Gasteiger partial charge in [-0.25, -0.2) is 0 Å². The highest BCUT2D eigenvalue weighted by atomic mass is 32.2. The van der Waals surface area contributed by atoms with E-state index in [4.69, 9.17) is 0 Å². The summed E-state index contributed by atoms with van der Waals surface area (Å²) in [7, 11) is 0.168. The molecule has 2 heteroatoms. The van der Waals surface area contributed by atoms with E-state index < -0.39 is 0 Å². The molecule has 16 heavy (non-hydrogen) atoms. The van der Waals surface area contributed by atoms with Crippen LogP contribution in [-0.2, 0) is 10.5 Å². The van der Waals surface area contributed by atoms with Crippen LogP contribution in [0.25, 0.3) is 0 Å². The van der Waals surface area contributed by atoms with Crippen molar-refractivity contribution in [1.29, 1.82) is 0 Å². The molecular formula is C14H14OS. The molecule has 0 heterocycles. The third-order valence-corrected chi connectivity index (χ3v) is 4.30. The van der Waals surface area contributed by atoms with Gasteiger partial charge in [0.2, 0.25) is 0 Å². The molecule has 0 radical (unpaired) electrons. The molecule has 0 spiro atoms. The number of benzene rings is 1. The number of carbonyl (C=O) groups is 1. The second-order valence-electron chi connectivity index (χ2n) is 3.74. The standard InChI is InChI=1S/C14H14OS/c1-16(11-12-5-3-2-4-6-12)14-9-7-13(15)8-10-14/h2-10H,11H2,1H3. The fraction of sp³-hybridized carbons (Fsp3) is 0.143. The number of ketones is 1. The molecule has 1 aliphatic carbocycles. The molecule has 2 rings (SSSR count). The van der Waals surface area contributed by atoms with Crippen LogP contribution in [0.3, 0.4) is 0 Å². The Balaban J connectivity index is 2.17. The zero-order valence-electron chi connectivity index (χ0n) is 9.22. The number of hydrogen-bond acceptors (Lipinski definition) is 1. The van der Waals surface area contributed by atoms with Crippen molar-refractivity contribution < 1.29 is 4.79 Å². The molecule has 0 aromatic heterocycles. The summed E-state index contributed by atoms with van der Waals surface area (Å²) in [5.74, 6) is 1.12. The highest BCUT2D eigenvalue weighted by Gasteiger charge is 2.02. The van der Waals surface area contributed by atoms with Gasteiger partial charge in [-0.3, -0.25) is 4.79 Å². The molecular weight excluding hydrogens is 216 g/mol. The van der Waals surface area contributed by atoms with Crippen LogP contribution in [0.2, 0.25) is 0 Å². The van der Waals surface area contributed by atoms with E-state index >= 15 is 0 Å². The lowest BCUT2D eigenvalue weighted by Gasteiger charge is -2.08. The molecule has 0 saturated heterocycles. The van der Waals surface area contributed by atoms with Crippen LogP contribution in [0.5, 0.6) is 0 Å². The zero-order chi connectivity index (χ0) is 11.4. The predicted octanol–water partition coefficient (Wildman–Crippen LogP) is 2.95. The Labute approximate surface area is 98.4 Å². The van der Waals surface area contributed by atoms with E-state index in [1.54, 1.807) is 12.2 Å². The molecule has 0 aliphatic heterocycles. The van der Waals surface area contributed by atoms with E-state index in [1.165, 1.54) is 10.4 Å². The lowest BCUT2D eigenvalue weighted by Crippen LogP contribution is -2.00.